The lowest BCUT2D eigenvalue weighted by molar-refractivity contribution is -0.124. The maximum atomic E-state index is 12.6. The Balaban J connectivity index is 2.43. The van der Waals surface area contributed by atoms with Gasteiger partial charge in [-0.2, -0.15) is 0 Å². The highest BCUT2D eigenvalue weighted by molar-refractivity contribution is 5.86. The smallest absolute Gasteiger partial charge is 0.243 e. The van der Waals surface area contributed by atoms with Gasteiger partial charge in [-0.15, -0.1) is 0 Å². The van der Waals surface area contributed by atoms with Crippen LogP contribution in [0.2, 0.25) is 0 Å². The van der Waals surface area contributed by atoms with Crippen LogP contribution in [0.4, 0.5) is 5.69 Å². The van der Waals surface area contributed by atoms with Crippen molar-refractivity contribution in [2.45, 2.75) is 58.5 Å². The maximum absolute atomic E-state index is 12.6. The molecule has 0 saturated carbocycles. The van der Waals surface area contributed by atoms with Gasteiger partial charge < -0.3 is 15.3 Å². The number of carbonyl (C=O) groups excluding carboxylic acids is 1. The normalized spacial score (nSPS) is 21.7. The molecule has 1 aliphatic heterocycles. The van der Waals surface area contributed by atoms with Gasteiger partial charge in [0.2, 0.25) is 5.91 Å². The zero-order chi connectivity index (χ0) is 17.0. The minimum atomic E-state index is -0.218. The van der Waals surface area contributed by atoms with Gasteiger partial charge in [-0.05, 0) is 42.4 Å². The van der Waals surface area contributed by atoms with E-state index in [0.29, 0.717) is 6.42 Å². The van der Waals surface area contributed by atoms with Gasteiger partial charge in [0, 0.05) is 12.7 Å². The summed E-state index contributed by atoms with van der Waals surface area (Å²) in [5, 5.41) is 12.6. The number of nitrogens with zero attached hydrogens (tertiary/aromatic N) is 1. The number of amides is 1. The first-order chi connectivity index (χ1) is 11.0. The van der Waals surface area contributed by atoms with Crippen molar-refractivity contribution < 1.29 is 9.90 Å². The number of unbranched alkanes of at least 4 members (excludes halogenated alkanes) is 1. The van der Waals surface area contributed by atoms with Crippen LogP contribution in [0.3, 0.4) is 0 Å². The van der Waals surface area contributed by atoms with Crippen LogP contribution < -0.4 is 10.2 Å². The number of anilines is 1. The predicted molar refractivity (Wildman–Crippen MR) is 94.8 cm³/mol. The molecule has 128 valence electrons. The van der Waals surface area contributed by atoms with Crippen molar-refractivity contribution in [2.75, 3.05) is 18.6 Å². The number of fused-ring (bicyclic) bond motifs is 1. The van der Waals surface area contributed by atoms with Gasteiger partial charge in [-0.25, -0.2) is 0 Å². The summed E-state index contributed by atoms with van der Waals surface area (Å²) in [5.74, 6) is 0.204. The molecular formula is C19H30N2O2. The number of hydrogen-bond donors (Lipinski definition) is 2. The van der Waals surface area contributed by atoms with E-state index in [-0.39, 0.29) is 30.5 Å². The molecule has 0 bridgehead atoms. The highest BCUT2D eigenvalue weighted by Crippen LogP contribution is 2.29. The monoisotopic (exact) mass is 318 g/mol. The van der Waals surface area contributed by atoms with Crippen LogP contribution in [0, 0.1) is 5.92 Å². The molecule has 1 amide bonds. The van der Waals surface area contributed by atoms with E-state index in [1.807, 2.05) is 7.05 Å². The summed E-state index contributed by atoms with van der Waals surface area (Å²) in [6.07, 6.45) is 4.09. The fourth-order valence-corrected chi connectivity index (χ4v) is 3.44. The number of likely N-dealkylation sites (N-methyl/N-ethyl adjacent to an activating group) is 1. The van der Waals surface area contributed by atoms with Crippen molar-refractivity contribution in [1.29, 1.82) is 0 Å². The second kappa shape index (κ2) is 7.82. The second-order valence-corrected chi connectivity index (χ2v) is 6.96. The third-order valence-electron chi connectivity index (χ3n) is 4.70. The third kappa shape index (κ3) is 4.05. The van der Waals surface area contributed by atoms with Crippen molar-refractivity contribution in [1.82, 2.24) is 5.32 Å². The second-order valence-electron chi connectivity index (χ2n) is 6.96. The van der Waals surface area contributed by atoms with E-state index in [9.17, 15) is 9.90 Å². The molecule has 1 aromatic rings. The summed E-state index contributed by atoms with van der Waals surface area (Å²) < 4.78 is 0. The highest BCUT2D eigenvalue weighted by Gasteiger charge is 2.32. The lowest BCUT2D eigenvalue weighted by Gasteiger charge is -2.37. The lowest BCUT2D eigenvalue weighted by Crippen LogP contribution is -2.54. The molecule has 2 rings (SSSR count). The number of aliphatic hydroxyl groups excluding tert-OH is 1. The fraction of sp³-hybridized carbons (Fsp3) is 0.632. The van der Waals surface area contributed by atoms with Gasteiger partial charge in [-0.1, -0.05) is 39.3 Å². The summed E-state index contributed by atoms with van der Waals surface area (Å²) in [4.78, 5) is 14.7. The Hall–Kier alpha value is -1.55. The minimum absolute atomic E-state index is 0.00570. The van der Waals surface area contributed by atoms with E-state index in [4.69, 9.17) is 0 Å². The Morgan fingerprint density at radius 1 is 1.39 bits per heavy atom. The number of hydrogen-bond acceptors (Lipinski definition) is 3. The molecule has 0 unspecified atom stereocenters. The fourth-order valence-electron chi connectivity index (χ4n) is 3.44. The molecule has 0 saturated heterocycles. The van der Waals surface area contributed by atoms with Crippen LogP contribution in [0.15, 0.2) is 18.2 Å². The Bertz CT molecular complexity index is 542. The van der Waals surface area contributed by atoms with E-state index < -0.39 is 0 Å². The molecule has 4 heteroatoms. The molecule has 1 aromatic carbocycles. The van der Waals surface area contributed by atoms with E-state index in [0.717, 1.165) is 12.1 Å². The summed E-state index contributed by atoms with van der Waals surface area (Å²) in [6.45, 7) is 6.30. The Morgan fingerprint density at radius 2 is 2.13 bits per heavy atom. The summed E-state index contributed by atoms with van der Waals surface area (Å²) in [5.41, 5.74) is 3.64. The molecular weight excluding hydrogens is 288 g/mol. The van der Waals surface area contributed by atoms with Crippen LogP contribution in [0.25, 0.3) is 0 Å². The van der Waals surface area contributed by atoms with Crippen molar-refractivity contribution in [3.05, 3.63) is 29.3 Å². The molecule has 4 nitrogen and oxygen atoms in total. The number of rotatable bonds is 5. The first kappa shape index (κ1) is 17.8. The standard InChI is InChI=1S/C19H30N2O2/c1-5-6-7-14-8-9-15-11-16(12-22)20-19(23)18(13(2)3)21(4)17(15)10-14/h8-10,13,16,18,22H,5-7,11-12H2,1-4H3,(H,20,23)/t16-,18-/m0/s1. The maximum Gasteiger partial charge on any atom is 0.243 e. The average molecular weight is 318 g/mol. The molecule has 2 N–H and O–H groups in total. The summed E-state index contributed by atoms with van der Waals surface area (Å²) in [6, 6.07) is 6.15. The van der Waals surface area contributed by atoms with Gasteiger partial charge >= 0.3 is 0 Å². The molecule has 0 radical (unpaired) electrons. The van der Waals surface area contributed by atoms with Crippen molar-refractivity contribution >= 4 is 11.6 Å². The molecule has 0 spiro atoms. The van der Waals surface area contributed by atoms with Crippen molar-refractivity contribution in [3.8, 4) is 0 Å². The molecule has 2 atom stereocenters. The molecule has 0 fully saturated rings. The Morgan fingerprint density at radius 3 is 2.74 bits per heavy atom. The van der Waals surface area contributed by atoms with Crippen LogP contribution in [0.1, 0.15) is 44.7 Å². The van der Waals surface area contributed by atoms with Crippen LogP contribution in [-0.2, 0) is 17.6 Å². The van der Waals surface area contributed by atoms with Crippen LogP contribution in [0.5, 0.6) is 0 Å². The van der Waals surface area contributed by atoms with Gasteiger partial charge in [-0.3, -0.25) is 4.79 Å². The van der Waals surface area contributed by atoms with Crippen molar-refractivity contribution in [2.24, 2.45) is 5.92 Å². The van der Waals surface area contributed by atoms with E-state index >= 15 is 0 Å². The first-order valence-corrected chi connectivity index (χ1v) is 8.73. The summed E-state index contributed by atoms with van der Waals surface area (Å²) in [7, 11) is 2.01. The lowest BCUT2D eigenvalue weighted by atomic mass is 9.93. The predicted octanol–water partition coefficient (Wildman–Crippen LogP) is 2.52. The topological polar surface area (TPSA) is 52.6 Å². The number of carbonyl (C=O) groups is 1. The zero-order valence-corrected chi connectivity index (χ0v) is 14.8. The number of nitrogens with one attached hydrogen (secondary N) is 1. The minimum Gasteiger partial charge on any atom is -0.394 e. The Labute approximate surface area is 139 Å². The van der Waals surface area contributed by atoms with Gasteiger partial charge in [0.05, 0.1) is 12.6 Å². The van der Waals surface area contributed by atoms with E-state index in [1.54, 1.807) is 0 Å². The van der Waals surface area contributed by atoms with Crippen molar-refractivity contribution in [3.63, 3.8) is 0 Å². The van der Waals surface area contributed by atoms with E-state index in [1.165, 1.54) is 24.0 Å². The molecule has 23 heavy (non-hydrogen) atoms. The first-order valence-electron chi connectivity index (χ1n) is 8.73. The summed E-state index contributed by atoms with van der Waals surface area (Å²) >= 11 is 0. The Kier molecular flexibility index (Phi) is 6.05. The zero-order valence-electron chi connectivity index (χ0n) is 14.8. The molecule has 0 aromatic heterocycles. The third-order valence-corrected chi connectivity index (χ3v) is 4.70. The number of benzene rings is 1. The largest absolute Gasteiger partial charge is 0.394 e. The molecule has 1 heterocycles. The molecule has 1 aliphatic rings. The van der Waals surface area contributed by atoms with Crippen LogP contribution >= 0.6 is 0 Å². The molecule has 0 aliphatic carbocycles. The van der Waals surface area contributed by atoms with Gasteiger partial charge in [0.15, 0.2) is 0 Å². The average Bonchev–Trinajstić information content (AvgIpc) is 2.51. The highest BCUT2D eigenvalue weighted by atomic mass is 16.3. The van der Waals surface area contributed by atoms with Gasteiger partial charge in [0.25, 0.3) is 0 Å². The number of aryl methyl sites for hydroxylation is 1. The van der Waals surface area contributed by atoms with Crippen LogP contribution in [-0.4, -0.2) is 36.8 Å². The number of aliphatic hydroxyl groups is 1. The quantitative estimate of drug-likeness (QED) is 0.877. The SMILES string of the molecule is CCCCc1ccc2c(c1)N(C)[C@@H](C(C)C)C(=O)N[C@H](CO)C2. The van der Waals surface area contributed by atoms with E-state index in [2.05, 4.69) is 49.2 Å². The van der Waals surface area contributed by atoms with Gasteiger partial charge in [0.1, 0.15) is 6.04 Å².